The minimum absolute atomic E-state index is 0.713. The fraction of sp³-hybridized carbons (Fsp3) is 1.00. The van der Waals surface area contributed by atoms with E-state index in [2.05, 4.69) is 19.2 Å². The molecule has 0 atom stereocenters. The number of hydrogen-bond acceptors (Lipinski definition) is 4. The number of nitrogens with zero attached hydrogens (tertiary/aromatic N) is 1. The van der Waals surface area contributed by atoms with Gasteiger partial charge in [0.25, 0.3) is 0 Å². The summed E-state index contributed by atoms with van der Waals surface area (Å²) in [6.07, 6.45) is 6.47. The normalized spacial score (nSPS) is 11.2. The molecular formula is C18H38NO4. The smallest absolute Gasteiger partial charge is 0.0607 e. The van der Waals surface area contributed by atoms with Gasteiger partial charge in [0.1, 0.15) is 0 Å². The summed E-state index contributed by atoms with van der Waals surface area (Å²) in [6, 6.07) is 0. The Labute approximate surface area is 143 Å². The molecule has 0 N–H and O–H groups in total. The van der Waals surface area contributed by atoms with Crippen molar-refractivity contribution in [1.29, 1.82) is 0 Å². The second-order valence-corrected chi connectivity index (χ2v) is 5.53. The van der Waals surface area contributed by atoms with Crippen molar-refractivity contribution in [2.75, 3.05) is 65.9 Å². The molecule has 0 aliphatic rings. The fourth-order valence-electron chi connectivity index (χ4n) is 1.88. The van der Waals surface area contributed by atoms with Gasteiger partial charge in [-0.25, -0.2) is 5.32 Å². The summed E-state index contributed by atoms with van der Waals surface area (Å²) >= 11 is 0. The largest absolute Gasteiger partial charge is 0.381 e. The molecule has 5 heteroatoms. The van der Waals surface area contributed by atoms with Crippen LogP contribution in [0.25, 0.3) is 0 Å². The molecule has 0 aromatic rings. The first-order valence-electron chi connectivity index (χ1n) is 9.36. The summed E-state index contributed by atoms with van der Waals surface area (Å²) in [4.78, 5) is 0. The van der Waals surface area contributed by atoms with E-state index in [0.29, 0.717) is 13.2 Å². The molecule has 139 valence electrons. The zero-order valence-corrected chi connectivity index (χ0v) is 15.4. The SMILES string of the molecule is CCCOCCCCOCC[N]CCOCCCCOCCC. The number of rotatable bonds is 20. The van der Waals surface area contributed by atoms with E-state index in [1.54, 1.807) is 0 Å². The third kappa shape index (κ3) is 21.8. The van der Waals surface area contributed by atoms with Crippen LogP contribution >= 0.6 is 0 Å². The molecule has 1 radical (unpaired) electrons. The molecule has 0 unspecified atom stereocenters. The van der Waals surface area contributed by atoms with Gasteiger partial charge in [-0.2, -0.15) is 0 Å². The van der Waals surface area contributed by atoms with Gasteiger partial charge in [-0.05, 0) is 38.5 Å². The molecule has 23 heavy (non-hydrogen) atoms. The highest BCUT2D eigenvalue weighted by Crippen LogP contribution is 1.93. The first kappa shape index (κ1) is 22.8. The highest BCUT2D eigenvalue weighted by atomic mass is 16.5. The van der Waals surface area contributed by atoms with E-state index in [1.807, 2.05) is 0 Å². The third-order valence-electron chi connectivity index (χ3n) is 3.14. The second kappa shape index (κ2) is 21.8. The summed E-state index contributed by atoms with van der Waals surface area (Å²) in [5.74, 6) is 0. The van der Waals surface area contributed by atoms with Crippen molar-refractivity contribution in [3.8, 4) is 0 Å². The lowest BCUT2D eigenvalue weighted by Gasteiger charge is -2.06. The van der Waals surface area contributed by atoms with Crippen molar-refractivity contribution in [3.05, 3.63) is 0 Å². The van der Waals surface area contributed by atoms with Crippen molar-refractivity contribution in [1.82, 2.24) is 5.32 Å². The molecule has 0 aliphatic heterocycles. The quantitative estimate of drug-likeness (QED) is 0.322. The maximum absolute atomic E-state index is 5.53. The highest BCUT2D eigenvalue weighted by Gasteiger charge is 1.94. The van der Waals surface area contributed by atoms with E-state index < -0.39 is 0 Å². The molecule has 0 saturated heterocycles. The van der Waals surface area contributed by atoms with Crippen molar-refractivity contribution < 1.29 is 18.9 Å². The van der Waals surface area contributed by atoms with Crippen molar-refractivity contribution in [2.24, 2.45) is 0 Å². The van der Waals surface area contributed by atoms with Gasteiger partial charge in [0.05, 0.1) is 13.2 Å². The molecule has 0 fully saturated rings. The molecule has 0 aromatic carbocycles. The van der Waals surface area contributed by atoms with Gasteiger partial charge in [0, 0.05) is 52.7 Å². The average Bonchev–Trinajstić information content (AvgIpc) is 2.57. The van der Waals surface area contributed by atoms with Crippen LogP contribution in [-0.2, 0) is 18.9 Å². The molecule has 0 heterocycles. The summed E-state index contributed by atoms with van der Waals surface area (Å²) in [6.45, 7) is 12.3. The van der Waals surface area contributed by atoms with E-state index in [-0.39, 0.29) is 0 Å². The Kier molecular flexibility index (Phi) is 21.6. The minimum atomic E-state index is 0.713. The molecule has 0 rings (SSSR count). The second-order valence-electron chi connectivity index (χ2n) is 5.53. The zero-order chi connectivity index (χ0) is 16.8. The first-order valence-corrected chi connectivity index (χ1v) is 9.36. The van der Waals surface area contributed by atoms with Gasteiger partial charge in [-0.1, -0.05) is 13.8 Å². The van der Waals surface area contributed by atoms with Gasteiger partial charge >= 0.3 is 0 Å². The molecule has 0 amide bonds. The van der Waals surface area contributed by atoms with Crippen LogP contribution in [0.15, 0.2) is 0 Å². The lowest BCUT2D eigenvalue weighted by atomic mass is 10.3. The van der Waals surface area contributed by atoms with Gasteiger partial charge in [0.15, 0.2) is 0 Å². The van der Waals surface area contributed by atoms with Crippen LogP contribution in [0.4, 0.5) is 0 Å². The third-order valence-corrected chi connectivity index (χ3v) is 3.14. The fourth-order valence-corrected chi connectivity index (χ4v) is 1.88. The Balaban J connectivity index is 2.92. The highest BCUT2D eigenvalue weighted by molar-refractivity contribution is 4.46. The minimum Gasteiger partial charge on any atom is -0.381 e. The van der Waals surface area contributed by atoms with E-state index in [4.69, 9.17) is 18.9 Å². The summed E-state index contributed by atoms with van der Waals surface area (Å²) in [5.41, 5.74) is 0. The maximum atomic E-state index is 5.53. The molecular weight excluding hydrogens is 294 g/mol. The summed E-state index contributed by atoms with van der Waals surface area (Å²) < 4.78 is 21.9. The lowest BCUT2D eigenvalue weighted by Crippen LogP contribution is -2.18. The Bertz CT molecular complexity index is 185. The standard InChI is InChI=1S/C18H38NO4/c1-3-11-20-13-5-7-15-22-17-9-19-10-18-23-16-8-6-14-21-12-4-2/h3-18H2,1-2H3. The summed E-state index contributed by atoms with van der Waals surface area (Å²) in [5, 5.41) is 4.39. The summed E-state index contributed by atoms with van der Waals surface area (Å²) in [7, 11) is 0. The predicted molar refractivity (Wildman–Crippen MR) is 94.2 cm³/mol. The average molecular weight is 333 g/mol. The van der Waals surface area contributed by atoms with E-state index >= 15 is 0 Å². The Hall–Kier alpha value is -0.200. The maximum Gasteiger partial charge on any atom is 0.0607 e. The number of ether oxygens (including phenoxy) is 4. The predicted octanol–water partition coefficient (Wildman–Crippen LogP) is 3.04. The van der Waals surface area contributed by atoms with Gasteiger partial charge in [-0.15, -0.1) is 0 Å². The molecule has 0 aromatic heterocycles. The van der Waals surface area contributed by atoms with Gasteiger partial charge in [0.2, 0.25) is 0 Å². The number of hydrogen-bond donors (Lipinski definition) is 0. The van der Waals surface area contributed by atoms with E-state index in [1.165, 1.54) is 0 Å². The van der Waals surface area contributed by atoms with Crippen molar-refractivity contribution >= 4 is 0 Å². The first-order chi connectivity index (χ1) is 11.4. The van der Waals surface area contributed by atoms with Crippen LogP contribution in [0.2, 0.25) is 0 Å². The van der Waals surface area contributed by atoms with Crippen LogP contribution in [0.5, 0.6) is 0 Å². The topological polar surface area (TPSA) is 51.0 Å². The van der Waals surface area contributed by atoms with E-state index in [9.17, 15) is 0 Å². The molecule has 0 spiro atoms. The van der Waals surface area contributed by atoms with Crippen molar-refractivity contribution in [3.63, 3.8) is 0 Å². The van der Waals surface area contributed by atoms with Crippen LogP contribution in [0.3, 0.4) is 0 Å². The number of unbranched alkanes of at least 4 members (excludes halogenated alkanes) is 2. The zero-order valence-electron chi connectivity index (χ0n) is 15.4. The van der Waals surface area contributed by atoms with Crippen LogP contribution < -0.4 is 5.32 Å². The monoisotopic (exact) mass is 332 g/mol. The Morgan fingerprint density at radius 2 is 0.826 bits per heavy atom. The molecule has 0 bridgehead atoms. The van der Waals surface area contributed by atoms with E-state index in [0.717, 1.165) is 91.3 Å². The lowest BCUT2D eigenvalue weighted by molar-refractivity contribution is 0.0962. The molecule has 5 nitrogen and oxygen atoms in total. The van der Waals surface area contributed by atoms with Gasteiger partial charge in [-0.3, -0.25) is 0 Å². The Morgan fingerprint density at radius 3 is 1.17 bits per heavy atom. The van der Waals surface area contributed by atoms with Gasteiger partial charge < -0.3 is 18.9 Å². The Morgan fingerprint density at radius 1 is 0.478 bits per heavy atom. The molecule has 0 aliphatic carbocycles. The van der Waals surface area contributed by atoms with Crippen molar-refractivity contribution in [2.45, 2.75) is 52.4 Å². The molecule has 0 saturated carbocycles. The van der Waals surface area contributed by atoms with Crippen LogP contribution in [-0.4, -0.2) is 65.9 Å². The van der Waals surface area contributed by atoms with Crippen LogP contribution in [0.1, 0.15) is 52.4 Å². The van der Waals surface area contributed by atoms with Crippen LogP contribution in [0, 0.1) is 0 Å².